The molecular weight excluding hydrogens is 192 g/mol. The minimum Gasteiger partial charge on any atom is -0.0599 e. The highest BCUT2D eigenvalue weighted by Gasteiger charge is 2.53. The molecule has 0 unspecified atom stereocenters. The third kappa shape index (κ3) is 2.63. The van der Waals surface area contributed by atoms with Crippen LogP contribution in [0.3, 0.4) is 0 Å². The number of rotatable bonds is 0. The molecule has 16 heavy (non-hydrogen) atoms. The Morgan fingerprint density at radius 1 is 0.750 bits per heavy atom. The van der Waals surface area contributed by atoms with Crippen molar-refractivity contribution in [2.75, 3.05) is 0 Å². The Labute approximate surface area is 103 Å². The maximum atomic E-state index is 2.48. The molecule has 0 bridgehead atoms. The average Bonchev–Trinajstić information content (AvgIpc) is 1.67. The van der Waals surface area contributed by atoms with E-state index >= 15 is 0 Å². The van der Waals surface area contributed by atoms with E-state index in [-0.39, 0.29) is 0 Å². The van der Waals surface area contributed by atoms with Crippen LogP contribution in [0.25, 0.3) is 0 Å². The van der Waals surface area contributed by atoms with Crippen molar-refractivity contribution in [3.8, 4) is 0 Å². The summed E-state index contributed by atoms with van der Waals surface area (Å²) in [6.45, 7) is 22.0. The highest BCUT2D eigenvalue weighted by Crippen LogP contribution is 2.62. The predicted octanol–water partition coefficient (Wildman–Crippen LogP) is 5.52. The molecule has 96 valence electrons. The van der Waals surface area contributed by atoms with Crippen LogP contribution in [0, 0.1) is 27.6 Å². The van der Waals surface area contributed by atoms with E-state index in [4.69, 9.17) is 0 Å². The molecule has 0 spiro atoms. The highest BCUT2D eigenvalue weighted by atomic mass is 14.6. The van der Waals surface area contributed by atoms with E-state index in [0.29, 0.717) is 21.7 Å². The maximum Gasteiger partial charge on any atom is -0.0262 e. The number of hydrogen-bond donors (Lipinski definition) is 0. The predicted molar refractivity (Wildman–Crippen MR) is 73.5 cm³/mol. The Morgan fingerprint density at radius 2 is 1.06 bits per heavy atom. The van der Waals surface area contributed by atoms with Crippen LogP contribution < -0.4 is 0 Å². The summed E-state index contributed by atoms with van der Waals surface area (Å²) in [6.07, 6.45) is 2.71. The van der Waals surface area contributed by atoms with Gasteiger partial charge in [-0.05, 0) is 40.4 Å². The van der Waals surface area contributed by atoms with Crippen molar-refractivity contribution in [1.29, 1.82) is 0 Å². The fourth-order valence-electron chi connectivity index (χ4n) is 6.14. The topological polar surface area (TPSA) is 0 Å². The second-order valence-electron chi connectivity index (χ2n) is 9.29. The van der Waals surface area contributed by atoms with Gasteiger partial charge in [-0.2, -0.15) is 0 Å². The van der Waals surface area contributed by atoms with Crippen LogP contribution in [-0.2, 0) is 0 Å². The van der Waals surface area contributed by atoms with E-state index in [1.54, 1.807) is 0 Å². The SMILES string of the molecule is CC1(C)CC(C)(C)C(C(C)(C)C)C(C)(C)C1. The zero-order chi connectivity index (χ0) is 13.0. The molecule has 0 amide bonds. The van der Waals surface area contributed by atoms with Crippen LogP contribution in [0.1, 0.15) is 75.2 Å². The van der Waals surface area contributed by atoms with Gasteiger partial charge < -0.3 is 0 Å². The van der Waals surface area contributed by atoms with Crippen LogP contribution in [0.2, 0.25) is 0 Å². The highest BCUT2D eigenvalue weighted by molar-refractivity contribution is 5.03. The minimum absolute atomic E-state index is 0.406. The summed E-state index contributed by atoms with van der Waals surface area (Å²) < 4.78 is 0. The second kappa shape index (κ2) is 3.50. The fourth-order valence-corrected chi connectivity index (χ4v) is 6.14. The Morgan fingerprint density at radius 3 is 1.31 bits per heavy atom. The van der Waals surface area contributed by atoms with Crippen molar-refractivity contribution < 1.29 is 0 Å². The lowest BCUT2D eigenvalue weighted by Crippen LogP contribution is -2.52. The molecular formula is C16H32. The van der Waals surface area contributed by atoms with Crippen LogP contribution in [-0.4, -0.2) is 0 Å². The normalized spacial score (nSPS) is 29.1. The largest absolute Gasteiger partial charge is 0.0599 e. The van der Waals surface area contributed by atoms with E-state index in [0.717, 1.165) is 5.92 Å². The van der Waals surface area contributed by atoms with Crippen molar-refractivity contribution in [3.05, 3.63) is 0 Å². The number of hydrogen-bond acceptors (Lipinski definition) is 0. The van der Waals surface area contributed by atoms with Gasteiger partial charge in [0.25, 0.3) is 0 Å². The van der Waals surface area contributed by atoms with Gasteiger partial charge in [0.2, 0.25) is 0 Å². The second-order valence-corrected chi connectivity index (χ2v) is 9.29. The first-order valence-electron chi connectivity index (χ1n) is 6.78. The van der Waals surface area contributed by atoms with Gasteiger partial charge in [0, 0.05) is 0 Å². The van der Waals surface area contributed by atoms with E-state index in [1.807, 2.05) is 0 Å². The van der Waals surface area contributed by atoms with E-state index in [2.05, 4.69) is 62.3 Å². The molecule has 0 aromatic heterocycles. The Balaban J connectivity index is 3.17. The van der Waals surface area contributed by atoms with Crippen LogP contribution in [0.5, 0.6) is 0 Å². The van der Waals surface area contributed by atoms with Crippen molar-refractivity contribution in [1.82, 2.24) is 0 Å². The lowest BCUT2D eigenvalue weighted by atomic mass is 9.45. The monoisotopic (exact) mass is 224 g/mol. The van der Waals surface area contributed by atoms with Gasteiger partial charge in [-0.3, -0.25) is 0 Å². The zero-order valence-corrected chi connectivity index (χ0v) is 13.0. The quantitative estimate of drug-likeness (QED) is 0.508. The van der Waals surface area contributed by atoms with Gasteiger partial charge in [-0.15, -0.1) is 0 Å². The molecule has 0 saturated heterocycles. The molecule has 1 saturated carbocycles. The summed E-state index contributed by atoms with van der Waals surface area (Å²) in [5.74, 6) is 0.792. The summed E-state index contributed by atoms with van der Waals surface area (Å²) in [5.41, 5.74) is 1.80. The molecule has 1 aliphatic carbocycles. The van der Waals surface area contributed by atoms with Crippen molar-refractivity contribution >= 4 is 0 Å². The zero-order valence-electron chi connectivity index (χ0n) is 13.0. The lowest BCUT2D eigenvalue weighted by molar-refractivity contribution is -0.105. The molecule has 0 aromatic rings. The third-order valence-corrected chi connectivity index (χ3v) is 4.30. The van der Waals surface area contributed by atoms with Crippen molar-refractivity contribution in [2.24, 2.45) is 27.6 Å². The standard InChI is InChI=1S/C16H32/c1-13(2,3)12-15(6,7)10-14(4,5)11-16(12,8)9/h12H,10-11H2,1-9H3. The first kappa shape index (κ1) is 14.1. The van der Waals surface area contributed by atoms with Gasteiger partial charge in [-0.25, -0.2) is 0 Å². The lowest BCUT2D eigenvalue weighted by Gasteiger charge is -2.60. The molecule has 0 aliphatic heterocycles. The molecule has 0 atom stereocenters. The minimum atomic E-state index is 0.406. The molecule has 0 radical (unpaired) electrons. The fraction of sp³-hybridized carbons (Fsp3) is 1.00. The Kier molecular flexibility index (Phi) is 3.07. The summed E-state index contributed by atoms with van der Waals surface area (Å²) in [4.78, 5) is 0. The molecule has 0 nitrogen and oxygen atoms in total. The molecule has 1 aliphatic rings. The summed E-state index contributed by atoms with van der Waals surface area (Å²) in [7, 11) is 0. The summed E-state index contributed by atoms with van der Waals surface area (Å²) in [6, 6.07) is 0. The molecule has 0 heterocycles. The average molecular weight is 224 g/mol. The van der Waals surface area contributed by atoms with Gasteiger partial charge in [0.15, 0.2) is 0 Å². The molecule has 0 N–H and O–H groups in total. The smallest absolute Gasteiger partial charge is 0.0262 e. The van der Waals surface area contributed by atoms with Crippen LogP contribution in [0.15, 0.2) is 0 Å². The first-order valence-corrected chi connectivity index (χ1v) is 6.78. The Bertz CT molecular complexity index is 240. The first-order chi connectivity index (χ1) is 6.78. The van der Waals surface area contributed by atoms with Crippen molar-refractivity contribution in [2.45, 2.75) is 75.2 Å². The maximum absolute atomic E-state index is 2.48. The summed E-state index contributed by atoms with van der Waals surface area (Å²) in [5, 5.41) is 0. The van der Waals surface area contributed by atoms with E-state index in [9.17, 15) is 0 Å². The van der Waals surface area contributed by atoms with Crippen LogP contribution in [0.4, 0.5) is 0 Å². The molecule has 1 fully saturated rings. The van der Waals surface area contributed by atoms with Gasteiger partial charge in [-0.1, -0.05) is 62.3 Å². The third-order valence-electron chi connectivity index (χ3n) is 4.30. The van der Waals surface area contributed by atoms with Gasteiger partial charge >= 0.3 is 0 Å². The van der Waals surface area contributed by atoms with Gasteiger partial charge in [0.1, 0.15) is 0 Å². The summed E-state index contributed by atoms with van der Waals surface area (Å²) >= 11 is 0. The van der Waals surface area contributed by atoms with E-state index < -0.39 is 0 Å². The van der Waals surface area contributed by atoms with Gasteiger partial charge in [0.05, 0.1) is 0 Å². The van der Waals surface area contributed by atoms with Crippen LogP contribution >= 0.6 is 0 Å². The Hall–Kier alpha value is 0. The van der Waals surface area contributed by atoms with E-state index in [1.165, 1.54) is 12.8 Å². The van der Waals surface area contributed by atoms with Crippen molar-refractivity contribution in [3.63, 3.8) is 0 Å². The molecule has 0 heteroatoms. The molecule has 0 aromatic carbocycles. The molecule has 1 rings (SSSR count).